The second-order valence-corrected chi connectivity index (χ2v) is 4.10. The highest BCUT2D eigenvalue weighted by molar-refractivity contribution is 5.19. The van der Waals surface area contributed by atoms with Gasteiger partial charge in [0.25, 0.3) is 0 Å². The molecule has 1 atom stereocenters. The molecule has 2 heteroatoms. The molecule has 0 fully saturated rings. The summed E-state index contributed by atoms with van der Waals surface area (Å²) in [7, 11) is 0. The number of unbranched alkanes of at least 4 members (excludes halogenated alkanes) is 1. The first kappa shape index (κ1) is 13.2. The molecule has 16 heavy (non-hydrogen) atoms. The third-order valence-corrected chi connectivity index (χ3v) is 2.81. The van der Waals surface area contributed by atoms with Crippen molar-refractivity contribution in [3.8, 4) is 0 Å². The lowest BCUT2D eigenvalue weighted by Crippen LogP contribution is -2.14. The van der Waals surface area contributed by atoms with Gasteiger partial charge in [0, 0.05) is 13.2 Å². The van der Waals surface area contributed by atoms with E-state index in [4.69, 9.17) is 10.5 Å². The predicted molar refractivity (Wildman–Crippen MR) is 68.6 cm³/mol. The maximum atomic E-state index is 5.79. The number of benzene rings is 1. The van der Waals surface area contributed by atoms with E-state index in [-0.39, 0.29) is 0 Å². The molecule has 0 aromatic heterocycles. The fraction of sp³-hybridized carbons (Fsp3) is 0.571. The SMILES string of the molecule is CCCCOCCC(CN)c1ccccc1. The van der Waals surface area contributed by atoms with Gasteiger partial charge in [-0.1, -0.05) is 43.7 Å². The second-order valence-electron chi connectivity index (χ2n) is 4.10. The Balaban J connectivity index is 2.27. The van der Waals surface area contributed by atoms with Gasteiger partial charge >= 0.3 is 0 Å². The molecular formula is C14H23NO. The van der Waals surface area contributed by atoms with Crippen LogP contribution in [0.1, 0.15) is 37.7 Å². The number of ether oxygens (including phenoxy) is 1. The van der Waals surface area contributed by atoms with Crippen molar-refractivity contribution in [2.45, 2.75) is 32.1 Å². The molecule has 0 radical (unpaired) electrons. The van der Waals surface area contributed by atoms with Crippen molar-refractivity contribution >= 4 is 0 Å². The molecule has 0 aliphatic heterocycles. The molecule has 2 N–H and O–H groups in total. The molecular weight excluding hydrogens is 198 g/mol. The summed E-state index contributed by atoms with van der Waals surface area (Å²) < 4.78 is 5.57. The third kappa shape index (κ3) is 4.77. The summed E-state index contributed by atoms with van der Waals surface area (Å²) in [6, 6.07) is 10.5. The first-order valence-electron chi connectivity index (χ1n) is 6.21. The van der Waals surface area contributed by atoms with Crippen LogP contribution in [-0.2, 0) is 4.74 Å². The Morgan fingerprint density at radius 3 is 2.56 bits per heavy atom. The highest BCUT2D eigenvalue weighted by Gasteiger charge is 2.08. The van der Waals surface area contributed by atoms with E-state index in [0.717, 1.165) is 26.1 Å². The lowest BCUT2D eigenvalue weighted by atomic mass is 9.96. The van der Waals surface area contributed by atoms with Gasteiger partial charge in [-0.05, 0) is 30.9 Å². The number of nitrogens with two attached hydrogens (primary N) is 1. The Morgan fingerprint density at radius 1 is 1.19 bits per heavy atom. The minimum absolute atomic E-state index is 0.433. The topological polar surface area (TPSA) is 35.2 Å². The van der Waals surface area contributed by atoms with Crippen LogP contribution in [0.15, 0.2) is 30.3 Å². The van der Waals surface area contributed by atoms with Crippen LogP contribution in [0.3, 0.4) is 0 Å². The first-order valence-corrected chi connectivity index (χ1v) is 6.21. The zero-order valence-electron chi connectivity index (χ0n) is 10.2. The van der Waals surface area contributed by atoms with Gasteiger partial charge in [0.15, 0.2) is 0 Å². The number of rotatable bonds is 8. The van der Waals surface area contributed by atoms with Crippen LogP contribution in [-0.4, -0.2) is 19.8 Å². The van der Waals surface area contributed by atoms with Crippen LogP contribution in [0.4, 0.5) is 0 Å². The molecule has 0 spiro atoms. The van der Waals surface area contributed by atoms with Gasteiger partial charge in [-0.3, -0.25) is 0 Å². The molecule has 0 aliphatic rings. The van der Waals surface area contributed by atoms with Gasteiger partial charge in [-0.15, -0.1) is 0 Å². The van der Waals surface area contributed by atoms with Gasteiger partial charge in [-0.25, -0.2) is 0 Å². The van der Waals surface area contributed by atoms with Gasteiger partial charge in [0.1, 0.15) is 0 Å². The van der Waals surface area contributed by atoms with E-state index in [1.807, 2.05) is 6.07 Å². The monoisotopic (exact) mass is 221 g/mol. The van der Waals surface area contributed by atoms with E-state index in [1.165, 1.54) is 12.0 Å². The lowest BCUT2D eigenvalue weighted by molar-refractivity contribution is 0.124. The van der Waals surface area contributed by atoms with Crippen LogP contribution < -0.4 is 5.73 Å². The maximum Gasteiger partial charge on any atom is 0.0472 e. The summed E-state index contributed by atoms with van der Waals surface area (Å²) in [5.74, 6) is 0.433. The zero-order valence-corrected chi connectivity index (χ0v) is 10.2. The minimum Gasteiger partial charge on any atom is -0.381 e. The van der Waals surface area contributed by atoms with Crippen LogP contribution in [0, 0.1) is 0 Å². The molecule has 1 aromatic rings. The average molecular weight is 221 g/mol. The summed E-state index contributed by atoms with van der Waals surface area (Å²) in [4.78, 5) is 0. The highest BCUT2D eigenvalue weighted by atomic mass is 16.5. The molecule has 1 rings (SSSR count). The number of hydrogen-bond donors (Lipinski definition) is 1. The summed E-state index contributed by atoms with van der Waals surface area (Å²) in [6.07, 6.45) is 3.36. The number of hydrogen-bond acceptors (Lipinski definition) is 2. The minimum atomic E-state index is 0.433. The third-order valence-electron chi connectivity index (χ3n) is 2.81. The van der Waals surface area contributed by atoms with E-state index < -0.39 is 0 Å². The Kier molecular flexibility index (Phi) is 6.86. The fourth-order valence-corrected chi connectivity index (χ4v) is 1.72. The largest absolute Gasteiger partial charge is 0.381 e. The van der Waals surface area contributed by atoms with Gasteiger partial charge < -0.3 is 10.5 Å². The molecule has 1 unspecified atom stereocenters. The van der Waals surface area contributed by atoms with Gasteiger partial charge in [0.2, 0.25) is 0 Å². The van der Waals surface area contributed by atoms with Crippen molar-refractivity contribution in [1.29, 1.82) is 0 Å². The smallest absolute Gasteiger partial charge is 0.0472 e. The predicted octanol–water partition coefficient (Wildman–Crippen LogP) is 2.94. The average Bonchev–Trinajstić information content (AvgIpc) is 2.35. The summed E-state index contributed by atoms with van der Waals surface area (Å²) in [5, 5.41) is 0. The van der Waals surface area contributed by atoms with E-state index in [9.17, 15) is 0 Å². The Hall–Kier alpha value is -0.860. The summed E-state index contributed by atoms with van der Waals surface area (Å²) in [5.41, 5.74) is 7.11. The molecule has 90 valence electrons. The van der Waals surface area contributed by atoms with Crippen LogP contribution in [0.25, 0.3) is 0 Å². The quantitative estimate of drug-likeness (QED) is 0.685. The standard InChI is InChI=1S/C14H23NO/c1-2-3-10-16-11-9-14(12-15)13-7-5-4-6-8-13/h4-8,14H,2-3,9-12,15H2,1H3. The lowest BCUT2D eigenvalue weighted by Gasteiger charge is -2.15. The Bertz CT molecular complexity index is 261. The van der Waals surface area contributed by atoms with Crippen LogP contribution >= 0.6 is 0 Å². The molecule has 0 bridgehead atoms. The molecule has 1 aromatic carbocycles. The molecule has 0 saturated carbocycles. The molecule has 0 heterocycles. The molecule has 0 saturated heterocycles. The zero-order chi connectivity index (χ0) is 11.6. The fourth-order valence-electron chi connectivity index (χ4n) is 1.72. The van der Waals surface area contributed by atoms with Crippen LogP contribution in [0.5, 0.6) is 0 Å². The van der Waals surface area contributed by atoms with Gasteiger partial charge in [-0.2, -0.15) is 0 Å². The van der Waals surface area contributed by atoms with Crippen LogP contribution in [0.2, 0.25) is 0 Å². The van der Waals surface area contributed by atoms with Crippen molar-refractivity contribution in [2.75, 3.05) is 19.8 Å². The second kappa shape index (κ2) is 8.31. The van der Waals surface area contributed by atoms with E-state index in [2.05, 4.69) is 31.2 Å². The van der Waals surface area contributed by atoms with Crippen molar-refractivity contribution in [1.82, 2.24) is 0 Å². The van der Waals surface area contributed by atoms with E-state index >= 15 is 0 Å². The van der Waals surface area contributed by atoms with E-state index in [1.54, 1.807) is 0 Å². The van der Waals surface area contributed by atoms with E-state index in [0.29, 0.717) is 12.5 Å². The van der Waals surface area contributed by atoms with Gasteiger partial charge in [0.05, 0.1) is 0 Å². The Morgan fingerprint density at radius 2 is 1.94 bits per heavy atom. The van der Waals surface area contributed by atoms with Crippen molar-refractivity contribution in [3.63, 3.8) is 0 Å². The highest BCUT2D eigenvalue weighted by Crippen LogP contribution is 2.17. The molecule has 0 aliphatic carbocycles. The van der Waals surface area contributed by atoms with Crippen molar-refractivity contribution < 1.29 is 4.74 Å². The molecule has 0 amide bonds. The summed E-state index contributed by atoms with van der Waals surface area (Å²) in [6.45, 7) is 4.57. The van der Waals surface area contributed by atoms with Crippen molar-refractivity contribution in [3.05, 3.63) is 35.9 Å². The normalized spacial score (nSPS) is 12.6. The van der Waals surface area contributed by atoms with Crippen molar-refractivity contribution in [2.24, 2.45) is 5.73 Å². The first-order chi connectivity index (χ1) is 7.88. The maximum absolute atomic E-state index is 5.79. The summed E-state index contributed by atoms with van der Waals surface area (Å²) >= 11 is 0. The molecule has 2 nitrogen and oxygen atoms in total. The Labute approximate surface area is 98.8 Å².